The number of carbonyl (C=O) groups excluding carboxylic acids is 1. The average Bonchev–Trinajstić information content (AvgIpc) is 3.29. The number of aryl methyl sites for hydroxylation is 1. The average molecular weight is 384 g/mol. The van der Waals surface area contributed by atoms with Crippen LogP contribution in [0.25, 0.3) is 0 Å². The number of ether oxygens (including phenoxy) is 2. The van der Waals surface area contributed by atoms with E-state index in [-0.39, 0.29) is 17.9 Å². The molecule has 0 N–H and O–H groups in total. The molecular weight excluding hydrogens is 356 g/mol. The molecule has 0 bridgehead atoms. The van der Waals surface area contributed by atoms with Gasteiger partial charge in [-0.25, -0.2) is 0 Å². The van der Waals surface area contributed by atoms with Crippen molar-refractivity contribution in [2.45, 2.75) is 19.0 Å². The fourth-order valence-electron chi connectivity index (χ4n) is 4.14. The van der Waals surface area contributed by atoms with E-state index in [2.05, 4.69) is 41.0 Å². The molecule has 2 aliphatic rings. The second-order valence-corrected chi connectivity index (χ2v) is 7.44. The van der Waals surface area contributed by atoms with Crippen molar-refractivity contribution in [1.82, 2.24) is 9.80 Å². The Morgan fingerprint density at radius 3 is 2.07 bits per heavy atom. The summed E-state index contributed by atoms with van der Waals surface area (Å²) in [6.45, 7) is 7.85. The van der Waals surface area contributed by atoms with Crippen molar-refractivity contribution in [3.05, 3.63) is 59.5 Å². The van der Waals surface area contributed by atoms with Crippen LogP contribution in [0.4, 0.5) is 0 Å². The topological polar surface area (TPSA) is 55.2 Å². The Morgan fingerprint density at radius 1 is 0.893 bits per heavy atom. The Bertz CT molecular complexity index is 747. The molecule has 4 rings (SSSR count). The fourth-order valence-corrected chi connectivity index (χ4v) is 4.14. The number of furan rings is 1. The molecule has 3 heterocycles. The zero-order chi connectivity index (χ0) is 19.3. The summed E-state index contributed by atoms with van der Waals surface area (Å²) in [7, 11) is 0. The lowest BCUT2D eigenvalue weighted by Gasteiger charge is -2.44. The standard InChI is InChI=1S/C22H28N2O4/c1-17-4-6-18(7-5-17)20(23-8-13-26-14-9-23)21(24-10-15-27-16-11-24)22(25)19-3-2-12-28-19/h2-7,12,20-21H,8-11,13-16H2,1H3/t20-,21+/m0/s1. The lowest BCUT2D eigenvalue weighted by atomic mass is 9.91. The van der Waals surface area contributed by atoms with Gasteiger partial charge in [0.2, 0.25) is 5.78 Å². The fraction of sp³-hybridized carbons (Fsp3) is 0.500. The molecule has 0 spiro atoms. The molecule has 2 atom stereocenters. The van der Waals surface area contributed by atoms with Gasteiger partial charge in [0.05, 0.1) is 44.8 Å². The minimum Gasteiger partial charge on any atom is -0.461 e. The summed E-state index contributed by atoms with van der Waals surface area (Å²) in [6, 6.07) is 11.7. The molecule has 0 amide bonds. The van der Waals surface area contributed by atoms with Crippen molar-refractivity contribution in [3.8, 4) is 0 Å². The minimum absolute atomic E-state index is 0.0315. The van der Waals surface area contributed by atoms with Crippen molar-refractivity contribution in [2.75, 3.05) is 52.6 Å². The van der Waals surface area contributed by atoms with Crippen LogP contribution in [0.3, 0.4) is 0 Å². The van der Waals surface area contributed by atoms with Gasteiger partial charge < -0.3 is 13.9 Å². The van der Waals surface area contributed by atoms with Gasteiger partial charge in [-0.2, -0.15) is 0 Å². The van der Waals surface area contributed by atoms with Crippen LogP contribution in [-0.2, 0) is 9.47 Å². The van der Waals surface area contributed by atoms with E-state index in [0.29, 0.717) is 32.2 Å². The van der Waals surface area contributed by atoms with E-state index in [1.54, 1.807) is 18.4 Å². The first-order chi connectivity index (χ1) is 13.7. The monoisotopic (exact) mass is 384 g/mol. The van der Waals surface area contributed by atoms with Crippen molar-refractivity contribution < 1.29 is 18.7 Å². The Labute approximate surface area is 166 Å². The molecule has 2 saturated heterocycles. The number of nitrogens with zero attached hydrogens (tertiary/aromatic N) is 2. The number of Topliss-reactive ketones (excluding diaryl/α,β-unsaturated/α-hetero) is 1. The Balaban J connectivity index is 1.74. The smallest absolute Gasteiger partial charge is 0.216 e. The second kappa shape index (κ2) is 9.01. The molecule has 0 saturated carbocycles. The highest BCUT2D eigenvalue weighted by Gasteiger charge is 2.40. The largest absolute Gasteiger partial charge is 0.461 e. The molecule has 0 aliphatic carbocycles. The highest BCUT2D eigenvalue weighted by molar-refractivity contribution is 5.98. The molecule has 2 aliphatic heterocycles. The molecular formula is C22H28N2O4. The van der Waals surface area contributed by atoms with E-state index in [9.17, 15) is 4.79 Å². The third-order valence-corrected chi connectivity index (χ3v) is 5.63. The van der Waals surface area contributed by atoms with Gasteiger partial charge in [-0.1, -0.05) is 29.8 Å². The summed E-state index contributed by atoms with van der Waals surface area (Å²) < 4.78 is 16.6. The van der Waals surface area contributed by atoms with Crippen LogP contribution in [0, 0.1) is 6.92 Å². The number of hydrogen-bond donors (Lipinski definition) is 0. The molecule has 6 nitrogen and oxygen atoms in total. The van der Waals surface area contributed by atoms with Gasteiger partial charge in [-0.05, 0) is 24.6 Å². The molecule has 2 fully saturated rings. The first-order valence-corrected chi connectivity index (χ1v) is 10.0. The predicted octanol–water partition coefficient (Wildman–Crippen LogP) is 2.55. The predicted molar refractivity (Wildman–Crippen MR) is 106 cm³/mol. The number of morpholine rings is 2. The molecule has 1 aromatic carbocycles. The summed E-state index contributed by atoms with van der Waals surface area (Å²) in [4.78, 5) is 18.2. The normalized spacial score (nSPS) is 21.3. The van der Waals surface area contributed by atoms with Crippen LogP contribution in [0.1, 0.15) is 27.7 Å². The summed E-state index contributed by atoms with van der Waals surface area (Å²) in [5, 5.41) is 0. The number of carbonyl (C=O) groups is 1. The lowest BCUT2D eigenvalue weighted by Crippen LogP contribution is -2.55. The van der Waals surface area contributed by atoms with Gasteiger partial charge in [-0.15, -0.1) is 0 Å². The highest BCUT2D eigenvalue weighted by Crippen LogP contribution is 2.32. The van der Waals surface area contributed by atoms with E-state index in [1.165, 1.54) is 5.56 Å². The first-order valence-electron chi connectivity index (χ1n) is 10.0. The summed E-state index contributed by atoms with van der Waals surface area (Å²) in [5.74, 6) is 0.450. The maximum Gasteiger partial charge on any atom is 0.216 e. The maximum atomic E-state index is 13.6. The maximum absolute atomic E-state index is 13.6. The molecule has 150 valence electrons. The number of benzene rings is 1. The summed E-state index contributed by atoms with van der Waals surface area (Å²) in [5.41, 5.74) is 2.37. The number of ketones is 1. The molecule has 1 aromatic heterocycles. The molecule has 28 heavy (non-hydrogen) atoms. The molecule has 0 radical (unpaired) electrons. The number of rotatable bonds is 6. The SMILES string of the molecule is Cc1ccc([C@@H]([C@H](C(=O)c2ccco2)N2CCOCC2)N2CCOCC2)cc1. The van der Waals surface area contributed by atoms with Crippen molar-refractivity contribution >= 4 is 5.78 Å². The second-order valence-electron chi connectivity index (χ2n) is 7.44. The van der Waals surface area contributed by atoms with Crippen LogP contribution in [0.15, 0.2) is 47.1 Å². The Hall–Kier alpha value is -1.99. The highest BCUT2D eigenvalue weighted by atomic mass is 16.5. The zero-order valence-corrected chi connectivity index (χ0v) is 16.4. The van der Waals surface area contributed by atoms with E-state index in [0.717, 1.165) is 31.7 Å². The van der Waals surface area contributed by atoms with Crippen molar-refractivity contribution in [1.29, 1.82) is 0 Å². The van der Waals surface area contributed by atoms with E-state index < -0.39 is 0 Å². The quantitative estimate of drug-likeness (QED) is 0.714. The summed E-state index contributed by atoms with van der Waals surface area (Å²) >= 11 is 0. The first kappa shape index (κ1) is 19.3. The Kier molecular flexibility index (Phi) is 6.22. The van der Waals surface area contributed by atoms with E-state index in [1.807, 2.05) is 0 Å². The third-order valence-electron chi connectivity index (χ3n) is 5.63. The van der Waals surface area contributed by atoms with Gasteiger partial charge in [0.1, 0.15) is 0 Å². The van der Waals surface area contributed by atoms with E-state index in [4.69, 9.17) is 13.9 Å². The minimum atomic E-state index is -0.323. The third kappa shape index (κ3) is 4.20. The van der Waals surface area contributed by atoms with E-state index >= 15 is 0 Å². The zero-order valence-electron chi connectivity index (χ0n) is 16.4. The molecule has 0 unspecified atom stereocenters. The van der Waals surface area contributed by atoms with Crippen LogP contribution < -0.4 is 0 Å². The lowest BCUT2D eigenvalue weighted by molar-refractivity contribution is -0.0307. The Morgan fingerprint density at radius 2 is 1.50 bits per heavy atom. The number of hydrogen-bond acceptors (Lipinski definition) is 6. The van der Waals surface area contributed by atoms with Gasteiger partial charge in [0.15, 0.2) is 5.76 Å². The van der Waals surface area contributed by atoms with Gasteiger partial charge in [-0.3, -0.25) is 14.6 Å². The van der Waals surface area contributed by atoms with Crippen LogP contribution in [-0.4, -0.2) is 74.2 Å². The van der Waals surface area contributed by atoms with Crippen molar-refractivity contribution in [2.24, 2.45) is 0 Å². The van der Waals surface area contributed by atoms with Crippen LogP contribution in [0.2, 0.25) is 0 Å². The van der Waals surface area contributed by atoms with Gasteiger partial charge in [0.25, 0.3) is 0 Å². The molecule has 6 heteroatoms. The molecule has 2 aromatic rings. The summed E-state index contributed by atoms with van der Waals surface area (Å²) in [6.07, 6.45) is 1.57. The van der Waals surface area contributed by atoms with Gasteiger partial charge >= 0.3 is 0 Å². The van der Waals surface area contributed by atoms with Crippen molar-refractivity contribution in [3.63, 3.8) is 0 Å². The van der Waals surface area contributed by atoms with Crippen LogP contribution >= 0.6 is 0 Å². The van der Waals surface area contributed by atoms with Gasteiger partial charge in [0, 0.05) is 26.2 Å². The van der Waals surface area contributed by atoms with Crippen LogP contribution in [0.5, 0.6) is 0 Å².